The molecule has 3 nitrogen and oxygen atoms in total. The molecule has 68 valence electrons. The minimum atomic E-state index is -0.448. The summed E-state index contributed by atoms with van der Waals surface area (Å²) in [6.45, 7) is 0. The summed E-state index contributed by atoms with van der Waals surface area (Å²) in [6, 6.07) is 5.17. The van der Waals surface area contributed by atoms with Gasteiger partial charge >= 0.3 is 0 Å². The minimum absolute atomic E-state index is 0.448. The fourth-order valence-corrected chi connectivity index (χ4v) is 1.37. The molecule has 0 spiro atoms. The first kappa shape index (κ1) is 8.39. The minimum Gasteiger partial charge on any atom is -0.366 e. The van der Waals surface area contributed by atoms with Crippen LogP contribution in [0.1, 0.15) is 15.9 Å². The predicted molar refractivity (Wildman–Crippen MR) is 53.8 cm³/mol. The van der Waals surface area contributed by atoms with Crippen molar-refractivity contribution < 1.29 is 4.79 Å². The fourth-order valence-electron chi connectivity index (χ4n) is 1.37. The van der Waals surface area contributed by atoms with Crippen LogP contribution in [-0.4, -0.2) is 10.3 Å². The number of fused-ring (bicyclic) bond motifs is 1. The first-order chi connectivity index (χ1) is 6.72. The van der Waals surface area contributed by atoms with Crippen LogP contribution in [-0.2, 0) is 0 Å². The van der Waals surface area contributed by atoms with Crippen molar-refractivity contribution in [2.24, 2.45) is 5.73 Å². The average Bonchev–Trinajstić information content (AvgIpc) is 2.59. The van der Waals surface area contributed by atoms with E-state index in [0.717, 1.165) is 11.1 Å². The molecule has 1 amide bonds. The van der Waals surface area contributed by atoms with E-state index in [1.807, 2.05) is 16.7 Å². The van der Waals surface area contributed by atoms with Gasteiger partial charge in [-0.25, -0.2) is 0 Å². The molecule has 2 rings (SSSR count). The lowest BCUT2D eigenvalue weighted by atomic mass is 10.2. The Kier molecular flexibility index (Phi) is 1.76. The molecule has 0 aliphatic rings. The molecule has 3 heteroatoms. The lowest BCUT2D eigenvalue weighted by Crippen LogP contribution is -2.10. The summed E-state index contributed by atoms with van der Waals surface area (Å²) in [5, 5.41) is 0. The molecule has 0 radical (unpaired) electrons. The molecule has 2 aromatic rings. The maximum absolute atomic E-state index is 10.9. The fraction of sp³-hybridized carbons (Fsp3) is 0. The highest BCUT2D eigenvalue weighted by Gasteiger charge is 2.04. The quantitative estimate of drug-likeness (QED) is 0.661. The van der Waals surface area contributed by atoms with Gasteiger partial charge in [0.15, 0.2) is 0 Å². The Labute approximate surface area is 81.1 Å². The third-order valence-corrected chi connectivity index (χ3v) is 2.10. The van der Waals surface area contributed by atoms with Gasteiger partial charge in [-0.1, -0.05) is 5.92 Å². The van der Waals surface area contributed by atoms with Gasteiger partial charge in [-0.05, 0) is 18.2 Å². The number of carbonyl (C=O) groups is 1. The van der Waals surface area contributed by atoms with Crippen LogP contribution in [0.4, 0.5) is 0 Å². The Hall–Kier alpha value is -2.21. The topological polar surface area (TPSA) is 47.5 Å². The number of nitrogens with two attached hydrogens (primary N) is 1. The normalized spacial score (nSPS) is 9.93. The third kappa shape index (κ3) is 1.14. The monoisotopic (exact) mass is 184 g/mol. The smallest absolute Gasteiger partial charge is 0.248 e. The van der Waals surface area contributed by atoms with Gasteiger partial charge in [0, 0.05) is 23.5 Å². The van der Waals surface area contributed by atoms with Crippen LogP contribution in [0, 0.1) is 12.3 Å². The SMILES string of the molecule is C#Cc1ccn2ccc(C(N)=O)cc12. The van der Waals surface area contributed by atoms with Crippen molar-refractivity contribution in [3.8, 4) is 12.3 Å². The highest BCUT2D eigenvalue weighted by molar-refractivity contribution is 5.94. The van der Waals surface area contributed by atoms with Gasteiger partial charge in [0.25, 0.3) is 0 Å². The number of hydrogen-bond donors (Lipinski definition) is 1. The summed E-state index contributed by atoms with van der Waals surface area (Å²) in [5.74, 6) is 2.10. The van der Waals surface area contributed by atoms with Crippen molar-refractivity contribution in [2.75, 3.05) is 0 Å². The number of aromatic nitrogens is 1. The van der Waals surface area contributed by atoms with Crippen molar-refractivity contribution in [3.05, 3.63) is 41.7 Å². The molecule has 0 unspecified atom stereocenters. The molecule has 2 N–H and O–H groups in total. The molecule has 0 aromatic carbocycles. The first-order valence-corrected chi connectivity index (χ1v) is 4.09. The number of rotatable bonds is 1. The van der Waals surface area contributed by atoms with E-state index in [1.165, 1.54) is 0 Å². The summed E-state index contributed by atoms with van der Waals surface area (Å²) in [6.07, 6.45) is 8.91. The van der Waals surface area contributed by atoms with Gasteiger partial charge < -0.3 is 10.1 Å². The Morgan fingerprint density at radius 3 is 2.79 bits per heavy atom. The zero-order chi connectivity index (χ0) is 10.1. The molecule has 14 heavy (non-hydrogen) atoms. The Morgan fingerprint density at radius 1 is 1.43 bits per heavy atom. The largest absolute Gasteiger partial charge is 0.366 e. The van der Waals surface area contributed by atoms with Crippen LogP contribution in [0.5, 0.6) is 0 Å². The maximum Gasteiger partial charge on any atom is 0.248 e. The van der Waals surface area contributed by atoms with E-state index < -0.39 is 5.91 Å². The molecule has 0 bridgehead atoms. The van der Waals surface area contributed by atoms with Gasteiger partial charge in [0.1, 0.15) is 0 Å². The maximum atomic E-state index is 10.9. The van der Waals surface area contributed by atoms with Crippen LogP contribution >= 0.6 is 0 Å². The van der Waals surface area contributed by atoms with Crippen molar-refractivity contribution in [1.29, 1.82) is 0 Å². The number of primary amides is 1. The highest BCUT2D eigenvalue weighted by atomic mass is 16.1. The molecular formula is C11H8N2O. The van der Waals surface area contributed by atoms with Gasteiger partial charge in [-0.15, -0.1) is 6.42 Å². The molecule has 0 aliphatic heterocycles. The standard InChI is InChI=1S/C11H8N2O/c1-2-8-3-5-13-6-4-9(11(12)14)7-10(8)13/h1,3-7H,(H2,12,14). The number of amides is 1. The number of carbonyl (C=O) groups excluding carboxylic acids is 1. The zero-order valence-electron chi connectivity index (χ0n) is 7.40. The van der Waals surface area contributed by atoms with E-state index in [9.17, 15) is 4.79 Å². The lowest BCUT2D eigenvalue weighted by Gasteiger charge is -1.98. The number of terminal acetylenes is 1. The summed E-state index contributed by atoms with van der Waals surface area (Å²) >= 11 is 0. The molecule has 0 saturated heterocycles. The Morgan fingerprint density at radius 2 is 2.14 bits per heavy atom. The number of pyridine rings is 1. The second-order valence-corrected chi connectivity index (χ2v) is 2.95. The Balaban J connectivity index is 2.75. The number of nitrogens with zero attached hydrogens (tertiary/aromatic N) is 1. The van der Waals surface area contributed by atoms with Gasteiger partial charge in [-0.3, -0.25) is 4.79 Å². The molecular weight excluding hydrogens is 176 g/mol. The summed E-state index contributed by atoms with van der Waals surface area (Å²) in [4.78, 5) is 10.9. The second-order valence-electron chi connectivity index (χ2n) is 2.95. The van der Waals surface area contributed by atoms with E-state index in [2.05, 4.69) is 5.92 Å². The lowest BCUT2D eigenvalue weighted by molar-refractivity contribution is 0.100. The highest BCUT2D eigenvalue weighted by Crippen LogP contribution is 2.13. The Bertz CT molecular complexity index is 546. The summed E-state index contributed by atoms with van der Waals surface area (Å²) < 4.78 is 1.85. The molecule has 2 aromatic heterocycles. The van der Waals surface area contributed by atoms with E-state index >= 15 is 0 Å². The second kappa shape index (κ2) is 2.93. The van der Waals surface area contributed by atoms with Crippen LogP contribution in [0.25, 0.3) is 5.52 Å². The molecule has 0 aliphatic carbocycles. The molecule has 0 fully saturated rings. The van der Waals surface area contributed by atoms with E-state index in [4.69, 9.17) is 12.2 Å². The molecule has 0 saturated carbocycles. The van der Waals surface area contributed by atoms with Crippen molar-refractivity contribution in [3.63, 3.8) is 0 Å². The summed E-state index contributed by atoms with van der Waals surface area (Å²) in [5.41, 5.74) is 7.21. The van der Waals surface area contributed by atoms with Crippen molar-refractivity contribution >= 4 is 11.4 Å². The van der Waals surface area contributed by atoms with E-state index in [-0.39, 0.29) is 0 Å². The summed E-state index contributed by atoms with van der Waals surface area (Å²) in [7, 11) is 0. The first-order valence-electron chi connectivity index (χ1n) is 4.09. The van der Waals surface area contributed by atoms with Crippen molar-refractivity contribution in [2.45, 2.75) is 0 Å². The molecule has 2 heterocycles. The van der Waals surface area contributed by atoms with E-state index in [0.29, 0.717) is 5.56 Å². The predicted octanol–water partition coefficient (Wildman–Crippen LogP) is 1.02. The van der Waals surface area contributed by atoms with Gasteiger partial charge in [0.05, 0.1) is 5.52 Å². The average molecular weight is 184 g/mol. The number of hydrogen-bond acceptors (Lipinski definition) is 1. The van der Waals surface area contributed by atoms with Crippen LogP contribution in [0.3, 0.4) is 0 Å². The third-order valence-electron chi connectivity index (χ3n) is 2.10. The van der Waals surface area contributed by atoms with Crippen LogP contribution in [0.15, 0.2) is 30.6 Å². The molecule has 0 atom stereocenters. The van der Waals surface area contributed by atoms with Gasteiger partial charge in [0.2, 0.25) is 5.91 Å². The van der Waals surface area contributed by atoms with E-state index in [1.54, 1.807) is 18.3 Å². The van der Waals surface area contributed by atoms with Crippen LogP contribution < -0.4 is 5.73 Å². The van der Waals surface area contributed by atoms with Crippen molar-refractivity contribution in [1.82, 2.24) is 4.40 Å². The van der Waals surface area contributed by atoms with Gasteiger partial charge in [-0.2, -0.15) is 0 Å². The zero-order valence-corrected chi connectivity index (χ0v) is 7.40. The van der Waals surface area contributed by atoms with Crippen LogP contribution in [0.2, 0.25) is 0 Å².